The van der Waals surface area contributed by atoms with Crippen LogP contribution < -0.4 is 14.5 Å². The predicted molar refractivity (Wildman–Crippen MR) is 110 cm³/mol. The zero-order chi connectivity index (χ0) is 21.4. The summed E-state index contributed by atoms with van der Waals surface area (Å²) in [7, 11) is 0. The van der Waals surface area contributed by atoms with Crippen molar-refractivity contribution >= 4 is 46.7 Å². The average Bonchev–Trinajstić information content (AvgIpc) is 3.27. The van der Waals surface area contributed by atoms with Crippen LogP contribution in [0.15, 0.2) is 42.5 Å². The molecule has 2 aliphatic heterocycles. The average molecular weight is 427 g/mol. The first kappa shape index (κ1) is 20.1. The lowest BCUT2D eigenvalue weighted by Gasteiger charge is -2.19. The molecule has 4 rings (SSSR count). The number of nitrogens with zero attached hydrogens (tertiary/aromatic N) is 2. The minimum Gasteiger partial charge on any atom is -0.426 e. The van der Waals surface area contributed by atoms with Crippen LogP contribution >= 0.6 is 11.6 Å². The van der Waals surface area contributed by atoms with Gasteiger partial charge in [0.15, 0.2) is 0 Å². The number of hydrogen-bond donors (Lipinski definition) is 0. The van der Waals surface area contributed by atoms with E-state index in [9.17, 15) is 19.2 Å². The van der Waals surface area contributed by atoms with Gasteiger partial charge in [0.2, 0.25) is 17.7 Å². The molecule has 2 heterocycles. The second kappa shape index (κ2) is 7.91. The molecule has 0 aromatic heterocycles. The van der Waals surface area contributed by atoms with Crippen LogP contribution in [0.2, 0.25) is 5.02 Å². The summed E-state index contributed by atoms with van der Waals surface area (Å²) in [6, 6.07) is 11.5. The van der Waals surface area contributed by atoms with Crippen LogP contribution in [0, 0.1) is 12.8 Å². The lowest BCUT2D eigenvalue weighted by Crippen LogP contribution is -2.28. The molecule has 2 aromatic carbocycles. The van der Waals surface area contributed by atoms with Gasteiger partial charge in [0, 0.05) is 36.5 Å². The van der Waals surface area contributed by atoms with E-state index in [-0.39, 0.29) is 49.3 Å². The molecule has 0 N–H and O–H groups in total. The van der Waals surface area contributed by atoms with Crippen LogP contribution in [0.5, 0.6) is 5.75 Å². The summed E-state index contributed by atoms with van der Waals surface area (Å²) >= 11 is 6.15. The number of amides is 3. The van der Waals surface area contributed by atoms with Crippen molar-refractivity contribution in [2.24, 2.45) is 5.92 Å². The third-order valence-corrected chi connectivity index (χ3v) is 5.76. The molecular formula is C22H19ClN2O5. The van der Waals surface area contributed by atoms with Gasteiger partial charge in [-0.1, -0.05) is 17.7 Å². The maximum atomic E-state index is 12.6. The van der Waals surface area contributed by atoms with E-state index in [0.29, 0.717) is 16.4 Å². The van der Waals surface area contributed by atoms with Crippen LogP contribution in [0.25, 0.3) is 0 Å². The minimum absolute atomic E-state index is 0.0552. The standard InChI is InChI=1S/C22H19ClN2O5/c1-13-17(23)3-2-4-18(13)24-12-14(11-21(24)28)22(29)30-16-7-5-15(6-8-16)25-19(26)9-10-20(25)27/h2-8,14H,9-12H2,1H3. The molecule has 2 aromatic rings. The third kappa shape index (κ3) is 3.68. The first-order valence-corrected chi connectivity index (χ1v) is 9.96. The number of imide groups is 1. The molecule has 8 heteroatoms. The van der Waals surface area contributed by atoms with E-state index in [4.69, 9.17) is 16.3 Å². The van der Waals surface area contributed by atoms with E-state index >= 15 is 0 Å². The normalized spacial score (nSPS) is 19.0. The van der Waals surface area contributed by atoms with E-state index in [0.717, 1.165) is 10.5 Å². The predicted octanol–water partition coefficient (Wildman–Crippen LogP) is 3.26. The smallest absolute Gasteiger partial charge is 0.316 e. The molecule has 2 aliphatic rings. The summed E-state index contributed by atoms with van der Waals surface area (Å²) in [5.41, 5.74) is 1.91. The second-order valence-corrected chi connectivity index (χ2v) is 7.73. The molecule has 1 unspecified atom stereocenters. The molecular weight excluding hydrogens is 408 g/mol. The van der Waals surface area contributed by atoms with Crippen LogP contribution in [0.3, 0.4) is 0 Å². The molecule has 1 atom stereocenters. The summed E-state index contributed by atoms with van der Waals surface area (Å²) in [4.78, 5) is 51.4. The SMILES string of the molecule is Cc1c(Cl)cccc1N1CC(C(=O)Oc2ccc(N3C(=O)CCC3=O)cc2)CC1=O. The van der Waals surface area contributed by atoms with Crippen LogP contribution in [0.1, 0.15) is 24.8 Å². The number of halogens is 1. The molecule has 0 spiro atoms. The molecule has 2 fully saturated rings. The summed E-state index contributed by atoms with van der Waals surface area (Å²) in [5.74, 6) is -1.48. The Kier molecular flexibility index (Phi) is 5.30. The van der Waals surface area contributed by atoms with Crippen molar-refractivity contribution in [2.75, 3.05) is 16.3 Å². The lowest BCUT2D eigenvalue weighted by atomic mass is 10.1. The van der Waals surface area contributed by atoms with E-state index in [1.807, 2.05) is 6.92 Å². The second-order valence-electron chi connectivity index (χ2n) is 7.33. The molecule has 0 aliphatic carbocycles. The molecule has 154 valence electrons. The Bertz CT molecular complexity index is 1030. The Morgan fingerprint density at radius 3 is 2.33 bits per heavy atom. The number of hydrogen-bond acceptors (Lipinski definition) is 5. The van der Waals surface area contributed by atoms with Crippen molar-refractivity contribution in [1.29, 1.82) is 0 Å². The van der Waals surface area contributed by atoms with Crippen molar-refractivity contribution in [2.45, 2.75) is 26.2 Å². The zero-order valence-corrected chi connectivity index (χ0v) is 17.0. The van der Waals surface area contributed by atoms with Crippen molar-refractivity contribution in [3.05, 3.63) is 53.1 Å². The number of esters is 1. The fourth-order valence-corrected chi connectivity index (χ4v) is 3.88. The molecule has 0 radical (unpaired) electrons. The van der Waals surface area contributed by atoms with E-state index in [1.54, 1.807) is 35.2 Å². The van der Waals surface area contributed by atoms with Gasteiger partial charge in [0.05, 0.1) is 11.6 Å². The summed E-state index contributed by atoms with van der Waals surface area (Å²) in [6.45, 7) is 2.04. The Hall–Kier alpha value is -3.19. The van der Waals surface area contributed by atoms with Gasteiger partial charge in [0.1, 0.15) is 5.75 Å². The highest BCUT2D eigenvalue weighted by atomic mass is 35.5. The number of ether oxygens (including phenoxy) is 1. The zero-order valence-electron chi connectivity index (χ0n) is 16.3. The Labute approximate surface area is 178 Å². The van der Waals surface area contributed by atoms with Gasteiger partial charge in [0.25, 0.3) is 0 Å². The Morgan fingerprint density at radius 2 is 1.67 bits per heavy atom. The fourth-order valence-electron chi connectivity index (χ4n) is 3.71. The van der Waals surface area contributed by atoms with Crippen molar-refractivity contribution in [3.8, 4) is 5.75 Å². The quantitative estimate of drug-likeness (QED) is 0.425. The molecule has 3 amide bonds. The molecule has 0 bridgehead atoms. The van der Waals surface area contributed by atoms with Gasteiger partial charge in [-0.3, -0.25) is 24.1 Å². The maximum Gasteiger partial charge on any atom is 0.316 e. The van der Waals surface area contributed by atoms with Crippen LogP contribution in [-0.2, 0) is 19.2 Å². The van der Waals surface area contributed by atoms with Gasteiger partial charge in [-0.05, 0) is 48.9 Å². The van der Waals surface area contributed by atoms with Gasteiger partial charge in [-0.2, -0.15) is 0 Å². The van der Waals surface area contributed by atoms with Crippen LogP contribution in [0.4, 0.5) is 11.4 Å². The Balaban J connectivity index is 1.43. The van der Waals surface area contributed by atoms with Crippen molar-refractivity contribution in [3.63, 3.8) is 0 Å². The van der Waals surface area contributed by atoms with Gasteiger partial charge >= 0.3 is 5.97 Å². The molecule has 0 saturated carbocycles. The summed E-state index contributed by atoms with van der Waals surface area (Å²) in [5, 5.41) is 0.557. The highest BCUT2D eigenvalue weighted by Gasteiger charge is 2.37. The monoisotopic (exact) mass is 426 g/mol. The summed E-state index contributed by atoms with van der Waals surface area (Å²) < 4.78 is 5.42. The minimum atomic E-state index is -0.600. The molecule has 7 nitrogen and oxygen atoms in total. The third-order valence-electron chi connectivity index (χ3n) is 5.35. The Morgan fingerprint density at radius 1 is 1.00 bits per heavy atom. The van der Waals surface area contributed by atoms with E-state index in [2.05, 4.69) is 0 Å². The number of anilines is 2. The molecule has 2 saturated heterocycles. The van der Waals surface area contributed by atoms with Gasteiger partial charge < -0.3 is 9.64 Å². The molecule has 30 heavy (non-hydrogen) atoms. The first-order valence-electron chi connectivity index (χ1n) is 9.58. The topological polar surface area (TPSA) is 84.0 Å². The maximum absolute atomic E-state index is 12.6. The van der Waals surface area contributed by atoms with Crippen molar-refractivity contribution in [1.82, 2.24) is 0 Å². The number of rotatable bonds is 4. The van der Waals surface area contributed by atoms with Gasteiger partial charge in [-0.25, -0.2) is 0 Å². The summed E-state index contributed by atoms with van der Waals surface area (Å²) in [6.07, 6.45) is 0.460. The number of carbonyl (C=O) groups is 4. The number of benzene rings is 2. The largest absolute Gasteiger partial charge is 0.426 e. The van der Waals surface area contributed by atoms with E-state index in [1.165, 1.54) is 12.1 Å². The highest BCUT2D eigenvalue weighted by Crippen LogP contribution is 2.32. The van der Waals surface area contributed by atoms with Gasteiger partial charge in [-0.15, -0.1) is 0 Å². The number of carbonyl (C=O) groups excluding carboxylic acids is 4. The fraction of sp³-hybridized carbons (Fsp3) is 0.273. The van der Waals surface area contributed by atoms with E-state index < -0.39 is 11.9 Å². The lowest BCUT2D eigenvalue weighted by molar-refractivity contribution is -0.139. The first-order chi connectivity index (χ1) is 14.3. The van der Waals surface area contributed by atoms with Crippen LogP contribution in [-0.4, -0.2) is 30.2 Å². The highest BCUT2D eigenvalue weighted by molar-refractivity contribution is 6.31. The van der Waals surface area contributed by atoms with Crippen molar-refractivity contribution < 1.29 is 23.9 Å².